The van der Waals surface area contributed by atoms with E-state index in [1.165, 1.54) is 0 Å². The third-order valence-electron chi connectivity index (χ3n) is 4.36. The van der Waals surface area contributed by atoms with E-state index in [9.17, 15) is 0 Å². The van der Waals surface area contributed by atoms with E-state index in [-0.39, 0.29) is 36.8 Å². The summed E-state index contributed by atoms with van der Waals surface area (Å²) in [6.45, 7) is 0.317. The monoisotopic (exact) mass is 443 g/mol. The number of hydrogen-bond donors (Lipinski definition) is 3. The first kappa shape index (κ1) is 22.2. The van der Waals surface area contributed by atoms with Gasteiger partial charge >= 0.3 is 0 Å². The van der Waals surface area contributed by atoms with Crippen LogP contribution in [0.1, 0.15) is 30.3 Å². The van der Waals surface area contributed by atoms with E-state index in [1.54, 1.807) is 6.07 Å². The molecule has 1 aromatic carbocycles. The molecule has 1 aliphatic carbocycles. The molecule has 2 heterocycles. The number of halogens is 3. The van der Waals surface area contributed by atoms with Gasteiger partial charge in [-0.1, -0.05) is 28.9 Å². The van der Waals surface area contributed by atoms with Crippen LogP contribution in [0, 0.1) is 0 Å². The zero-order valence-corrected chi connectivity index (χ0v) is 17.1. The fourth-order valence-electron chi connectivity index (χ4n) is 2.93. The topological polar surface area (TPSA) is 129 Å². The molecule has 0 saturated heterocycles. The maximum atomic E-state index is 6.16. The van der Waals surface area contributed by atoms with Gasteiger partial charge < -0.3 is 21.3 Å². The highest BCUT2D eigenvalue weighted by Gasteiger charge is 2.29. The first-order valence-electron chi connectivity index (χ1n) is 8.30. The van der Waals surface area contributed by atoms with E-state index in [0.717, 1.165) is 24.1 Å². The third-order valence-corrected chi connectivity index (χ3v) is 4.69. The average Bonchev–Trinajstić information content (AvgIpc) is 3.06. The molecular weight excluding hydrogens is 425 g/mol. The number of nitrogens with two attached hydrogens (primary N) is 2. The molecule has 0 amide bonds. The van der Waals surface area contributed by atoms with Gasteiger partial charge in [-0.15, -0.1) is 24.8 Å². The summed E-state index contributed by atoms with van der Waals surface area (Å²) >= 11 is 6.16. The van der Waals surface area contributed by atoms with Gasteiger partial charge in [0.1, 0.15) is 5.82 Å². The molecule has 2 aromatic heterocycles. The second-order valence-corrected chi connectivity index (χ2v) is 6.72. The fraction of sp³-hybridized carbons (Fsp3) is 0.294. The van der Waals surface area contributed by atoms with E-state index in [2.05, 4.69) is 25.4 Å². The molecule has 1 saturated carbocycles. The van der Waals surface area contributed by atoms with Crippen molar-refractivity contribution >= 4 is 48.2 Å². The van der Waals surface area contributed by atoms with Gasteiger partial charge in [0.2, 0.25) is 17.7 Å². The summed E-state index contributed by atoms with van der Waals surface area (Å²) in [7, 11) is 0. The van der Waals surface area contributed by atoms with Gasteiger partial charge in [0.25, 0.3) is 0 Å². The molecule has 0 atom stereocenters. The number of nitrogen functional groups attached to an aromatic ring is 1. The molecule has 1 fully saturated rings. The summed E-state index contributed by atoms with van der Waals surface area (Å²) in [5, 5.41) is 7.69. The van der Waals surface area contributed by atoms with E-state index in [0.29, 0.717) is 35.0 Å². The Kier molecular flexibility index (Phi) is 7.42. The summed E-state index contributed by atoms with van der Waals surface area (Å²) in [6, 6.07) is 9.47. The van der Waals surface area contributed by atoms with Crippen LogP contribution in [0.5, 0.6) is 0 Å². The van der Waals surface area contributed by atoms with Crippen molar-refractivity contribution in [2.24, 2.45) is 5.73 Å². The number of benzene rings is 1. The fourth-order valence-corrected chi connectivity index (χ4v) is 3.15. The zero-order chi connectivity index (χ0) is 18.1. The van der Waals surface area contributed by atoms with Crippen LogP contribution in [0.15, 0.2) is 34.9 Å². The molecule has 11 heteroatoms. The van der Waals surface area contributed by atoms with Crippen LogP contribution in [0.3, 0.4) is 0 Å². The van der Waals surface area contributed by atoms with Gasteiger partial charge in [-0.05, 0) is 25.0 Å². The summed E-state index contributed by atoms with van der Waals surface area (Å²) in [6.07, 6.45) is 1.83. The number of rotatable bonds is 5. The van der Waals surface area contributed by atoms with Crippen LogP contribution in [0.4, 0.5) is 11.8 Å². The minimum atomic E-state index is 0. The van der Waals surface area contributed by atoms with Crippen LogP contribution < -0.4 is 16.8 Å². The highest BCUT2D eigenvalue weighted by molar-refractivity contribution is 6.33. The van der Waals surface area contributed by atoms with Gasteiger partial charge in [-0.2, -0.15) is 9.97 Å². The van der Waals surface area contributed by atoms with Gasteiger partial charge in [-0.25, -0.2) is 4.98 Å². The van der Waals surface area contributed by atoms with Crippen LogP contribution in [0.2, 0.25) is 5.02 Å². The van der Waals surface area contributed by atoms with Crippen LogP contribution >= 0.6 is 36.4 Å². The second-order valence-electron chi connectivity index (χ2n) is 6.31. The Bertz CT molecular complexity index is 931. The number of aromatic nitrogens is 4. The molecule has 4 rings (SSSR count). The predicted octanol–water partition coefficient (Wildman–Crippen LogP) is 3.42. The van der Waals surface area contributed by atoms with E-state index in [4.69, 9.17) is 27.6 Å². The Balaban J connectivity index is 0.00000140. The van der Waals surface area contributed by atoms with E-state index < -0.39 is 0 Å². The van der Waals surface area contributed by atoms with Gasteiger partial charge in [0, 0.05) is 23.6 Å². The van der Waals surface area contributed by atoms with Crippen molar-refractivity contribution in [1.82, 2.24) is 20.1 Å². The lowest BCUT2D eigenvalue weighted by Gasteiger charge is -2.32. The Labute approximate surface area is 179 Å². The smallest absolute Gasteiger partial charge is 0.246 e. The van der Waals surface area contributed by atoms with Crippen molar-refractivity contribution in [3.63, 3.8) is 0 Å². The third kappa shape index (κ3) is 4.82. The van der Waals surface area contributed by atoms with E-state index in [1.807, 2.05) is 24.3 Å². The molecule has 0 spiro atoms. The number of nitrogens with one attached hydrogen (secondary N) is 1. The maximum Gasteiger partial charge on any atom is 0.246 e. The van der Waals surface area contributed by atoms with Crippen LogP contribution in [-0.2, 0) is 6.54 Å². The molecule has 0 bridgehead atoms. The summed E-state index contributed by atoms with van der Waals surface area (Å²) in [5.41, 5.74) is 13.3. The van der Waals surface area contributed by atoms with Crippen molar-refractivity contribution in [3.05, 3.63) is 46.9 Å². The largest absolute Gasteiger partial charge is 0.368 e. The molecule has 0 radical (unpaired) electrons. The Morgan fingerprint density at radius 3 is 2.61 bits per heavy atom. The molecule has 8 nitrogen and oxygen atoms in total. The number of anilines is 2. The van der Waals surface area contributed by atoms with Crippen LogP contribution in [0.25, 0.3) is 11.4 Å². The molecule has 3 aromatic rings. The predicted molar refractivity (Wildman–Crippen MR) is 113 cm³/mol. The number of hydrogen-bond acceptors (Lipinski definition) is 8. The standard InChI is InChI=1S/C17H18ClN7O.2ClH/c18-12-4-2-1-3-11(12)16-24-15(26-25-16)8-21-14-7-13(22-17(20)23-14)9-5-10(19)6-9;;/h1-4,7,9-10H,5-6,8,19H2,(H3,20,21,22,23);2*1H. The molecule has 0 unspecified atom stereocenters. The lowest BCUT2D eigenvalue weighted by molar-refractivity contribution is 0.345. The minimum absolute atomic E-state index is 0. The molecule has 1 aliphatic rings. The Morgan fingerprint density at radius 1 is 1.14 bits per heavy atom. The van der Waals surface area contributed by atoms with Crippen molar-refractivity contribution in [3.8, 4) is 11.4 Å². The maximum absolute atomic E-state index is 6.16. The van der Waals surface area contributed by atoms with Crippen LogP contribution in [-0.4, -0.2) is 26.2 Å². The lowest BCUT2D eigenvalue weighted by Crippen LogP contribution is -2.35. The van der Waals surface area contributed by atoms with Crippen molar-refractivity contribution in [2.75, 3.05) is 11.1 Å². The Hall–Kier alpha value is -2.13. The average molecular weight is 445 g/mol. The summed E-state index contributed by atoms with van der Waals surface area (Å²) in [5.74, 6) is 2.05. The van der Waals surface area contributed by atoms with Gasteiger partial charge in [-0.3, -0.25) is 0 Å². The van der Waals surface area contributed by atoms with Crippen molar-refractivity contribution in [2.45, 2.75) is 31.3 Å². The number of nitrogens with zero attached hydrogens (tertiary/aromatic N) is 4. The van der Waals surface area contributed by atoms with Gasteiger partial charge in [0.15, 0.2) is 0 Å². The lowest BCUT2D eigenvalue weighted by atomic mass is 9.78. The van der Waals surface area contributed by atoms with Gasteiger partial charge in [0.05, 0.1) is 17.3 Å². The normalized spacial score (nSPS) is 17.8. The molecular formula is C17H20Cl3N7O. The van der Waals surface area contributed by atoms with Crippen molar-refractivity contribution in [1.29, 1.82) is 0 Å². The summed E-state index contributed by atoms with van der Waals surface area (Å²) in [4.78, 5) is 12.9. The molecule has 5 N–H and O–H groups in total. The highest BCUT2D eigenvalue weighted by atomic mass is 35.5. The second kappa shape index (κ2) is 9.38. The molecule has 28 heavy (non-hydrogen) atoms. The Morgan fingerprint density at radius 2 is 1.89 bits per heavy atom. The molecule has 0 aliphatic heterocycles. The minimum Gasteiger partial charge on any atom is -0.368 e. The summed E-state index contributed by atoms with van der Waals surface area (Å²) < 4.78 is 5.28. The SMILES string of the molecule is Cl.Cl.Nc1nc(NCc2nc(-c3ccccc3Cl)no2)cc(C2CC(N)C2)n1. The van der Waals surface area contributed by atoms with Crippen molar-refractivity contribution < 1.29 is 4.52 Å². The highest BCUT2D eigenvalue weighted by Crippen LogP contribution is 2.35. The first-order chi connectivity index (χ1) is 12.6. The zero-order valence-electron chi connectivity index (χ0n) is 14.7. The first-order valence-corrected chi connectivity index (χ1v) is 8.67. The van der Waals surface area contributed by atoms with E-state index >= 15 is 0 Å². The molecule has 150 valence electrons. The quantitative estimate of drug-likeness (QED) is 0.546.